The fraction of sp³-hybridized carbons (Fsp3) is 0.211. The molecule has 1 amide bonds. The van der Waals surface area contributed by atoms with Crippen molar-refractivity contribution < 1.29 is 18.7 Å². The van der Waals surface area contributed by atoms with E-state index in [4.69, 9.17) is 13.9 Å². The SMILES string of the molecule is COc1ccc(-c2nnc(NC(=O)Cc3ccc(SC)cc3)o2)cc1OC. The Morgan fingerprint density at radius 1 is 1.07 bits per heavy atom. The van der Waals surface area contributed by atoms with Crippen LogP contribution in [0.4, 0.5) is 6.01 Å². The van der Waals surface area contributed by atoms with Crippen molar-refractivity contribution in [3.05, 3.63) is 48.0 Å². The van der Waals surface area contributed by atoms with Gasteiger partial charge in [0.1, 0.15) is 0 Å². The highest BCUT2D eigenvalue weighted by Crippen LogP contribution is 2.32. The largest absolute Gasteiger partial charge is 0.493 e. The fourth-order valence-electron chi connectivity index (χ4n) is 2.45. The molecular weight excluding hydrogens is 366 g/mol. The average Bonchev–Trinajstić information content (AvgIpc) is 3.16. The van der Waals surface area contributed by atoms with Gasteiger partial charge >= 0.3 is 6.01 Å². The summed E-state index contributed by atoms with van der Waals surface area (Å²) in [4.78, 5) is 13.3. The molecule has 0 unspecified atom stereocenters. The number of hydrogen-bond donors (Lipinski definition) is 1. The van der Waals surface area contributed by atoms with Crippen LogP contribution in [0.2, 0.25) is 0 Å². The lowest BCUT2D eigenvalue weighted by Gasteiger charge is -2.07. The molecular formula is C19H19N3O4S. The van der Waals surface area contributed by atoms with E-state index in [0.717, 1.165) is 10.5 Å². The van der Waals surface area contributed by atoms with E-state index in [1.165, 1.54) is 0 Å². The van der Waals surface area contributed by atoms with Crippen molar-refractivity contribution in [1.82, 2.24) is 10.2 Å². The van der Waals surface area contributed by atoms with Crippen molar-refractivity contribution in [2.75, 3.05) is 25.8 Å². The average molecular weight is 385 g/mol. The highest BCUT2D eigenvalue weighted by molar-refractivity contribution is 7.98. The Hall–Kier alpha value is -3.00. The first-order valence-corrected chi connectivity index (χ1v) is 9.34. The zero-order valence-corrected chi connectivity index (χ0v) is 16.0. The zero-order valence-electron chi connectivity index (χ0n) is 15.2. The Labute approximate surface area is 161 Å². The maximum absolute atomic E-state index is 12.2. The molecule has 7 nitrogen and oxygen atoms in total. The topological polar surface area (TPSA) is 86.5 Å². The van der Waals surface area contributed by atoms with Crippen molar-refractivity contribution in [3.63, 3.8) is 0 Å². The first-order chi connectivity index (χ1) is 13.1. The summed E-state index contributed by atoms with van der Waals surface area (Å²) in [7, 11) is 3.11. The van der Waals surface area contributed by atoms with Gasteiger partial charge in [-0.1, -0.05) is 17.2 Å². The van der Waals surface area contributed by atoms with E-state index in [0.29, 0.717) is 17.1 Å². The zero-order chi connectivity index (χ0) is 19.2. The van der Waals surface area contributed by atoms with E-state index in [1.54, 1.807) is 44.2 Å². The molecule has 3 aromatic rings. The highest BCUT2D eigenvalue weighted by Gasteiger charge is 2.14. The van der Waals surface area contributed by atoms with E-state index in [-0.39, 0.29) is 24.2 Å². The molecule has 140 valence electrons. The Morgan fingerprint density at radius 3 is 2.48 bits per heavy atom. The maximum atomic E-state index is 12.2. The molecule has 0 aliphatic rings. The second kappa shape index (κ2) is 8.59. The Morgan fingerprint density at radius 2 is 1.81 bits per heavy atom. The minimum absolute atomic E-state index is 0.0468. The normalized spacial score (nSPS) is 10.5. The first kappa shape index (κ1) is 18.8. The number of carbonyl (C=O) groups is 1. The molecule has 8 heteroatoms. The van der Waals surface area contributed by atoms with E-state index in [9.17, 15) is 4.79 Å². The number of carbonyl (C=O) groups excluding carboxylic acids is 1. The Balaban J connectivity index is 1.67. The number of rotatable bonds is 7. The van der Waals surface area contributed by atoms with Crippen LogP contribution < -0.4 is 14.8 Å². The van der Waals surface area contributed by atoms with Crippen LogP contribution in [-0.4, -0.2) is 36.6 Å². The monoisotopic (exact) mass is 385 g/mol. The number of nitrogens with one attached hydrogen (secondary N) is 1. The number of nitrogens with zero attached hydrogens (tertiary/aromatic N) is 2. The van der Waals surface area contributed by atoms with Gasteiger partial charge in [0.05, 0.1) is 20.6 Å². The van der Waals surface area contributed by atoms with E-state index < -0.39 is 0 Å². The van der Waals surface area contributed by atoms with E-state index in [2.05, 4.69) is 15.5 Å². The van der Waals surface area contributed by atoms with Crippen molar-refractivity contribution in [3.8, 4) is 23.0 Å². The molecule has 2 aromatic carbocycles. The summed E-state index contributed by atoms with van der Waals surface area (Å²) in [6.45, 7) is 0. The number of benzene rings is 2. The van der Waals surface area contributed by atoms with Crippen LogP contribution >= 0.6 is 11.8 Å². The molecule has 0 bridgehead atoms. The second-order valence-electron chi connectivity index (χ2n) is 5.56. The van der Waals surface area contributed by atoms with Crippen LogP contribution in [0.15, 0.2) is 51.8 Å². The van der Waals surface area contributed by atoms with Gasteiger partial charge in [-0.15, -0.1) is 16.9 Å². The van der Waals surface area contributed by atoms with Crippen LogP contribution in [0, 0.1) is 0 Å². The number of amides is 1. The van der Waals surface area contributed by atoms with Gasteiger partial charge in [0.15, 0.2) is 11.5 Å². The molecule has 0 radical (unpaired) electrons. The third-order valence-electron chi connectivity index (χ3n) is 3.83. The van der Waals surface area contributed by atoms with Gasteiger partial charge in [0.2, 0.25) is 11.8 Å². The van der Waals surface area contributed by atoms with E-state index >= 15 is 0 Å². The summed E-state index contributed by atoms with van der Waals surface area (Å²) in [5, 5.41) is 10.5. The number of thioether (sulfide) groups is 1. The molecule has 1 heterocycles. The first-order valence-electron chi connectivity index (χ1n) is 8.11. The summed E-state index contributed by atoms with van der Waals surface area (Å²) in [6.07, 6.45) is 2.23. The number of aromatic nitrogens is 2. The summed E-state index contributed by atoms with van der Waals surface area (Å²) >= 11 is 1.65. The van der Waals surface area contributed by atoms with Gasteiger partial charge in [-0.05, 0) is 42.2 Å². The lowest BCUT2D eigenvalue weighted by molar-refractivity contribution is -0.115. The molecule has 3 rings (SSSR count). The van der Waals surface area contributed by atoms with E-state index in [1.807, 2.05) is 30.5 Å². The van der Waals surface area contributed by atoms with Crippen LogP contribution in [-0.2, 0) is 11.2 Å². The van der Waals surface area contributed by atoms with Crippen molar-refractivity contribution in [2.24, 2.45) is 0 Å². The fourth-order valence-corrected chi connectivity index (χ4v) is 2.86. The van der Waals surface area contributed by atoms with Gasteiger partial charge in [-0.25, -0.2) is 0 Å². The van der Waals surface area contributed by atoms with Crippen molar-refractivity contribution in [1.29, 1.82) is 0 Å². The third-order valence-corrected chi connectivity index (χ3v) is 4.57. The lowest BCUT2D eigenvalue weighted by Crippen LogP contribution is -2.14. The highest BCUT2D eigenvalue weighted by atomic mass is 32.2. The number of ether oxygens (including phenoxy) is 2. The Bertz CT molecular complexity index is 925. The van der Waals surface area contributed by atoms with Gasteiger partial charge in [-0.2, -0.15) is 0 Å². The molecule has 0 aliphatic heterocycles. The predicted octanol–water partition coefficient (Wildman–Crippen LogP) is 3.66. The van der Waals surface area contributed by atoms with Crippen LogP contribution in [0.5, 0.6) is 11.5 Å². The van der Waals surface area contributed by atoms with Gasteiger partial charge in [0.25, 0.3) is 0 Å². The van der Waals surface area contributed by atoms with Crippen molar-refractivity contribution in [2.45, 2.75) is 11.3 Å². The Kier molecular flexibility index (Phi) is 5.97. The molecule has 0 saturated carbocycles. The smallest absolute Gasteiger partial charge is 0.322 e. The van der Waals surface area contributed by atoms with Gasteiger partial charge in [0, 0.05) is 10.5 Å². The predicted molar refractivity (Wildman–Crippen MR) is 103 cm³/mol. The molecule has 0 aliphatic carbocycles. The standard InChI is InChI=1S/C19H19N3O4S/c1-24-15-9-6-13(11-16(15)25-2)18-21-22-19(26-18)20-17(23)10-12-4-7-14(27-3)8-5-12/h4-9,11H,10H2,1-3H3,(H,20,22,23). The molecule has 0 spiro atoms. The summed E-state index contributed by atoms with van der Waals surface area (Å²) in [5.74, 6) is 1.19. The minimum atomic E-state index is -0.227. The molecule has 0 fully saturated rings. The van der Waals surface area contributed by atoms with Crippen LogP contribution in [0.1, 0.15) is 5.56 Å². The second-order valence-corrected chi connectivity index (χ2v) is 6.43. The quantitative estimate of drug-likeness (QED) is 0.621. The van der Waals surface area contributed by atoms with Crippen molar-refractivity contribution >= 4 is 23.7 Å². The van der Waals surface area contributed by atoms with Gasteiger partial charge in [-0.3, -0.25) is 10.1 Å². The number of methoxy groups -OCH3 is 2. The minimum Gasteiger partial charge on any atom is -0.493 e. The van der Waals surface area contributed by atoms with Crippen LogP contribution in [0.3, 0.4) is 0 Å². The third kappa shape index (κ3) is 4.59. The molecule has 1 N–H and O–H groups in total. The molecule has 0 saturated heterocycles. The summed E-state index contributed by atoms with van der Waals surface area (Å²) in [6, 6.07) is 13.1. The maximum Gasteiger partial charge on any atom is 0.322 e. The summed E-state index contributed by atoms with van der Waals surface area (Å²) in [5.41, 5.74) is 1.57. The molecule has 1 aromatic heterocycles. The lowest BCUT2D eigenvalue weighted by atomic mass is 10.1. The number of hydrogen-bond acceptors (Lipinski definition) is 7. The molecule has 27 heavy (non-hydrogen) atoms. The number of anilines is 1. The van der Waals surface area contributed by atoms with Crippen LogP contribution in [0.25, 0.3) is 11.5 Å². The molecule has 0 atom stereocenters. The van der Waals surface area contributed by atoms with Gasteiger partial charge < -0.3 is 13.9 Å². The summed E-state index contributed by atoms with van der Waals surface area (Å²) < 4.78 is 16.0.